The highest BCUT2D eigenvalue weighted by molar-refractivity contribution is 5.79. The van der Waals surface area contributed by atoms with Gasteiger partial charge in [0.15, 0.2) is 0 Å². The number of benzene rings is 1. The van der Waals surface area contributed by atoms with Gasteiger partial charge in [-0.2, -0.15) is 13.2 Å². The number of piperidine rings is 1. The molecule has 0 N–H and O–H groups in total. The van der Waals surface area contributed by atoms with Crippen molar-refractivity contribution in [1.82, 2.24) is 14.8 Å². The summed E-state index contributed by atoms with van der Waals surface area (Å²) in [6.07, 6.45) is 5.75. The van der Waals surface area contributed by atoms with Gasteiger partial charge >= 0.3 is 6.18 Å². The first-order valence-corrected chi connectivity index (χ1v) is 14.8. The molecule has 40 heavy (non-hydrogen) atoms. The third-order valence-electron chi connectivity index (χ3n) is 9.12. The standard InChI is InChI=1S/C32H41F3N4O/c1-2-17-39(30-14-13-27(20-36-30)32(33,34)35)28-15-18-37(19-16-28)21-26-22-38(31(40)25-11-7-4-8-12-25)23-29(26)24-9-5-3-6-10-24/h2-3,5-6,9-10,13-14,20,25-26,28-29H,1,4,7-8,11-12,15-19,21-23H2/t26-,29+/m0/s1. The van der Waals surface area contributed by atoms with E-state index in [0.29, 0.717) is 30.1 Å². The van der Waals surface area contributed by atoms with Crippen LogP contribution in [0.3, 0.4) is 0 Å². The lowest BCUT2D eigenvalue weighted by molar-refractivity contribution is -0.138. The van der Waals surface area contributed by atoms with Crippen LogP contribution >= 0.6 is 0 Å². The van der Waals surface area contributed by atoms with Crippen LogP contribution in [0.4, 0.5) is 19.0 Å². The van der Waals surface area contributed by atoms with E-state index in [1.165, 1.54) is 18.1 Å². The van der Waals surface area contributed by atoms with Gasteiger partial charge in [0.2, 0.25) is 5.91 Å². The quantitative estimate of drug-likeness (QED) is 0.355. The summed E-state index contributed by atoms with van der Waals surface area (Å²) in [4.78, 5) is 24.3. The van der Waals surface area contributed by atoms with Gasteiger partial charge in [0.25, 0.3) is 0 Å². The number of carbonyl (C=O) groups is 1. The number of halogens is 3. The topological polar surface area (TPSA) is 39.7 Å². The fourth-order valence-electron chi connectivity index (χ4n) is 6.96. The second-order valence-corrected chi connectivity index (χ2v) is 11.7. The van der Waals surface area contributed by atoms with E-state index >= 15 is 0 Å². The highest BCUT2D eigenvalue weighted by Gasteiger charge is 2.40. The minimum Gasteiger partial charge on any atom is -0.350 e. The number of nitrogens with zero attached hydrogens (tertiary/aromatic N) is 4. The minimum atomic E-state index is -4.39. The van der Waals surface area contributed by atoms with E-state index in [1.807, 2.05) is 6.07 Å². The maximum Gasteiger partial charge on any atom is 0.417 e. The molecular weight excluding hydrogens is 513 g/mol. The fraction of sp³-hybridized carbons (Fsp3) is 0.562. The van der Waals surface area contributed by atoms with Gasteiger partial charge in [-0.1, -0.05) is 55.7 Å². The largest absolute Gasteiger partial charge is 0.417 e. The third kappa shape index (κ3) is 6.70. The fourth-order valence-corrected chi connectivity index (χ4v) is 6.96. The zero-order valence-electron chi connectivity index (χ0n) is 23.2. The van der Waals surface area contributed by atoms with Gasteiger partial charge in [0, 0.05) is 63.3 Å². The van der Waals surface area contributed by atoms with Crippen molar-refractivity contribution < 1.29 is 18.0 Å². The van der Waals surface area contributed by atoms with E-state index in [1.54, 1.807) is 6.08 Å². The highest BCUT2D eigenvalue weighted by atomic mass is 19.4. The van der Waals surface area contributed by atoms with Crippen molar-refractivity contribution in [3.05, 3.63) is 72.4 Å². The Labute approximate surface area is 236 Å². The average molecular weight is 555 g/mol. The van der Waals surface area contributed by atoms with Gasteiger partial charge in [-0.3, -0.25) is 4.79 Å². The Morgan fingerprint density at radius 1 is 1.00 bits per heavy atom. The summed E-state index contributed by atoms with van der Waals surface area (Å²) in [6.45, 7) is 8.78. The smallest absolute Gasteiger partial charge is 0.350 e. The van der Waals surface area contributed by atoms with Crippen molar-refractivity contribution in [2.75, 3.05) is 44.2 Å². The number of aromatic nitrogens is 1. The van der Waals surface area contributed by atoms with Crippen LogP contribution in [0.5, 0.6) is 0 Å². The summed E-state index contributed by atoms with van der Waals surface area (Å²) in [7, 11) is 0. The predicted octanol–water partition coefficient (Wildman–Crippen LogP) is 6.38. The van der Waals surface area contributed by atoms with E-state index in [0.717, 1.165) is 83.5 Å². The molecule has 2 aliphatic heterocycles. The number of alkyl halides is 3. The lowest BCUT2D eigenvalue weighted by Crippen LogP contribution is -2.47. The molecule has 1 aromatic carbocycles. The molecule has 1 aromatic heterocycles. The van der Waals surface area contributed by atoms with Crippen molar-refractivity contribution >= 4 is 11.7 Å². The van der Waals surface area contributed by atoms with Crippen molar-refractivity contribution in [3.63, 3.8) is 0 Å². The van der Waals surface area contributed by atoms with Crippen LogP contribution in [0.15, 0.2) is 61.3 Å². The Morgan fingerprint density at radius 3 is 2.35 bits per heavy atom. The molecule has 3 fully saturated rings. The molecule has 0 radical (unpaired) electrons. The molecule has 0 spiro atoms. The van der Waals surface area contributed by atoms with Gasteiger partial charge in [-0.25, -0.2) is 4.98 Å². The van der Waals surface area contributed by atoms with Gasteiger partial charge in [0.1, 0.15) is 5.82 Å². The van der Waals surface area contributed by atoms with Crippen LogP contribution in [0.25, 0.3) is 0 Å². The number of rotatable bonds is 8. The van der Waals surface area contributed by atoms with Crippen molar-refractivity contribution in [3.8, 4) is 0 Å². The van der Waals surface area contributed by atoms with E-state index in [9.17, 15) is 18.0 Å². The van der Waals surface area contributed by atoms with Crippen LogP contribution < -0.4 is 4.90 Å². The second-order valence-electron chi connectivity index (χ2n) is 11.7. The van der Waals surface area contributed by atoms with E-state index < -0.39 is 11.7 Å². The highest BCUT2D eigenvalue weighted by Crippen LogP contribution is 2.37. The molecule has 5 rings (SSSR count). The summed E-state index contributed by atoms with van der Waals surface area (Å²) in [5, 5.41) is 0. The van der Waals surface area contributed by atoms with Gasteiger partial charge < -0.3 is 14.7 Å². The van der Waals surface area contributed by atoms with Crippen LogP contribution in [-0.2, 0) is 11.0 Å². The first kappa shape index (κ1) is 28.7. The summed E-state index contributed by atoms with van der Waals surface area (Å²) in [5.74, 6) is 1.82. The molecule has 2 aromatic rings. The maximum absolute atomic E-state index is 13.4. The zero-order valence-corrected chi connectivity index (χ0v) is 23.2. The molecule has 5 nitrogen and oxygen atoms in total. The molecule has 2 saturated heterocycles. The van der Waals surface area contributed by atoms with Crippen LogP contribution in [-0.4, -0.2) is 66.0 Å². The second kappa shape index (κ2) is 12.8. The molecule has 216 valence electrons. The molecule has 0 bridgehead atoms. The van der Waals surface area contributed by atoms with Crippen molar-refractivity contribution in [1.29, 1.82) is 0 Å². The summed E-state index contributed by atoms with van der Waals surface area (Å²) in [6, 6.07) is 13.4. The lowest BCUT2D eigenvalue weighted by Gasteiger charge is -2.40. The van der Waals surface area contributed by atoms with Crippen molar-refractivity contribution in [2.24, 2.45) is 11.8 Å². The van der Waals surface area contributed by atoms with Crippen LogP contribution in [0, 0.1) is 11.8 Å². The van der Waals surface area contributed by atoms with E-state index in [2.05, 4.69) is 50.5 Å². The lowest BCUT2D eigenvalue weighted by atomic mass is 9.88. The zero-order chi connectivity index (χ0) is 28.1. The Hall–Kier alpha value is -2.87. The normalized spacial score (nSPS) is 23.3. The number of likely N-dealkylation sites (tertiary alicyclic amines) is 2. The number of hydrogen-bond acceptors (Lipinski definition) is 4. The first-order valence-electron chi connectivity index (χ1n) is 14.8. The number of amides is 1. The Bertz CT molecular complexity index is 1110. The number of pyridine rings is 1. The Balaban J connectivity index is 1.22. The summed E-state index contributed by atoms with van der Waals surface area (Å²) in [5.41, 5.74) is 0.581. The molecule has 1 saturated carbocycles. The Morgan fingerprint density at radius 2 is 1.73 bits per heavy atom. The van der Waals surface area contributed by atoms with Gasteiger partial charge in [-0.05, 0) is 49.3 Å². The van der Waals surface area contributed by atoms with Crippen LogP contribution in [0.2, 0.25) is 0 Å². The summed E-state index contributed by atoms with van der Waals surface area (Å²) >= 11 is 0. The number of anilines is 1. The first-order chi connectivity index (χ1) is 19.3. The average Bonchev–Trinajstić information content (AvgIpc) is 3.40. The minimum absolute atomic E-state index is 0.189. The number of carbonyl (C=O) groups excluding carboxylic acids is 1. The SMILES string of the molecule is C=CCN(c1ccc(C(F)(F)F)cn1)C1CCN(C[C@H]2CN(C(=O)C3CCCCC3)C[C@@H]2c2ccccc2)CC1. The molecule has 3 aliphatic rings. The van der Waals surface area contributed by atoms with Crippen molar-refractivity contribution in [2.45, 2.75) is 63.1 Å². The van der Waals surface area contributed by atoms with E-state index in [4.69, 9.17) is 0 Å². The third-order valence-corrected chi connectivity index (χ3v) is 9.12. The molecule has 8 heteroatoms. The monoisotopic (exact) mass is 554 g/mol. The van der Waals surface area contributed by atoms with Gasteiger partial charge in [0.05, 0.1) is 5.56 Å². The molecule has 1 aliphatic carbocycles. The molecule has 2 atom stereocenters. The molecular formula is C32H41F3N4O. The van der Waals surface area contributed by atoms with Gasteiger partial charge in [-0.15, -0.1) is 6.58 Å². The number of hydrogen-bond donors (Lipinski definition) is 0. The molecule has 1 amide bonds. The van der Waals surface area contributed by atoms with Crippen LogP contribution in [0.1, 0.15) is 62.0 Å². The maximum atomic E-state index is 13.4. The Kier molecular flexibility index (Phi) is 9.13. The molecule has 3 heterocycles. The van der Waals surface area contributed by atoms with E-state index in [-0.39, 0.29) is 12.0 Å². The summed E-state index contributed by atoms with van der Waals surface area (Å²) < 4.78 is 39.1. The molecule has 0 unspecified atom stereocenters. The predicted molar refractivity (Wildman–Crippen MR) is 152 cm³/mol.